The molecule has 1 aliphatic rings. The van der Waals surface area contributed by atoms with Crippen molar-refractivity contribution in [3.05, 3.63) is 34.9 Å². The molecule has 1 aromatic carbocycles. The summed E-state index contributed by atoms with van der Waals surface area (Å²) in [6.07, 6.45) is 7.25. The average molecular weight is 399 g/mol. The average Bonchev–Trinajstić information content (AvgIpc) is 2.66. The molecule has 2 amide bonds. The summed E-state index contributed by atoms with van der Waals surface area (Å²) in [4.78, 5) is 27.2. The molecule has 1 aliphatic carbocycles. The number of nitrogens with zero attached hydrogens (tertiary/aromatic N) is 1. The van der Waals surface area contributed by atoms with Crippen LogP contribution in [0.5, 0.6) is 0 Å². The Morgan fingerprint density at radius 3 is 2.42 bits per heavy atom. The van der Waals surface area contributed by atoms with E-state index >= 15 is 0 Å². The van der Waals surface area contributed by atoms with Crippen molar-refractivity contribution in [3.63, 3.8) is 0 Å². The number of benzene rings is 1. The fourth-order valence-electron chi connectivity index (χ4n) is 3.45. The summed E-state index contributed by atoms with van der Waals surface area (Å²) < 4.78 is 0. The molecular formula is C20H28Cl2N2O2. The number of halogens is 2. The lowest BCUT2D eigenvalue weighted by molar-refractivity contribution is -0.139. The Bertz CT molecular complexity index is 586. The van der Waals surface area contributed by atoms with E-state index in [4.69, 9.17) is 23.2 Å². The molecule has 144 valence electrons. The minimum Gasteiger partial charge on any atom is -0.351 e. The molecule has 1 N–H and O–H groups in total. The first-order chi connectivity index (χ1) is 12.6. The summed E-state index contributed by atoms with van der Waals surface area (Å²) in [6, 6.07) is 6.64. The minimum atomic E-state index is -0.674. The lowest BCUT2D eigenvalue weighted by atomic mass is 9.94. The zero-order chi connectivity index (χ0) is 18.9. The van der Waals surface area contributed by atoms with E-state index in [9.17, 15) is 9.59 Å². The Hall–Kier alpha value is -1.26. The number of rotatable bonds is 8. The van der Waals surface area contributed by atoms with Crippen LogP contribution >= 0.6 is 23.2 Å². The van der Waals surface area contributed by atoms with Crippen LogP contribution in [0.3, 0.4) is 0 Å². The number of hydrogen-bond donors (Lipinski definition) is 1. The third kappa shape index (κ3) is 5.88. The van der Waals surface area contributed by atoms with Gasteiger partial charge < -0.3 is 10.2 Å². The summed E-state index contributed by atoms with van der Waals surface area (Å²) in [5.41, 5.74) is 0.761. The van der Waals surface area contributed by atoms with Crippen molar-refractivity contribution in [1.82, 2.24) is 10.2 Å². The highest BCUT2D eigenvalue weighted by molar-refractivity contribution is 6.30. The molecule has 6 heteroatoms. The highest BCUT2D eigenvalue weighted by Crippen LogP contribution is 2.26. The maximum absolute atomic E-state index is 13.1. The van der Waals surface area contributed by atoms with Gasteiger partial charge in [0.15, 0.2) is 0 Å². The highest BCUT2D eigenvalue weighted by atomic mass is 35.5. The fourth-order valence-corrected chi connectivity index (χ4v) is 3.73. The number of unbranched alkanes of at least 4 members (excludes halogenated alkanes) is 1. The van der Waals surface area contributed by atoms with Crippen LogP contribution < -0.4 is 5.32 Å². The maximum atomic E-state index is 13.1. The number of amides is 2. The topological polar surface area (TPSA) is 49.4 Å². The van der Waals surface area contributed by atoms with Gasteiger partial charge in [-0.15, -0.1) is 11.6 Å². The van der Waals surface area contributed by atoms with Gasteiger partial charge in [-0.05, 0) is 37.0 Å². The zero-order valence-corrected chi connectivity index (χ0v) is 16.9. The van der Waals surface area contributed by atoms with Gasteiger partial charge in [-0.1, -0.05) is 56.3 Å². The Morgan fingerprint density at radius 1 is 1.19 bits per heavy atom. The molecule has 1 fully saturated rings. The molecule has 1 saturated carbocycles. The normalized spacial score (nSPS) is 16.1. The number of nitrogens with one attached hydrogen (secondary N) is 1. The predicted molar refractivity (Wildman–Crippen MR) is 107 cm³/mol. The van der Waals surface area contributed by atoms with Gasteiger partial charge in [0.2, 0.25) is 11.8 Å². The Morgan fingerprint density at radius 2 is 1.85 bits per heavy atom. The van der Waals surface area contributed by atoms with Crippen molar-refractivity contribution in [3.8, 4) is 0 Å². The SMILES string of the molecule is CCCCN(C(=O)CCl)[C@@H](C(=O)NC1CCCCC1)c1ccc(Cl)cc1. The first-order valence-electron chi connectivity index (χ1n) is 9.48. The van der Waals surface area contributed by atoms with E-state index in [-0.39, 0.29) is 23.7 Å². The van der Waals surface area contributed by atoms with Gasteiger partial charge in [-0.3, -0.25) is 9.59 Å². The van der Waals surface area contributed by atoms with E-state index in [0.717, 1.165) is 44.1 Å². The number of carbonyl (C=O) groups excluding carboxylic acids is 2. The van der Waals surface area contributed by atoms with Crippen molar-refractivity contribution >= 4 is 35.0 Å². The summed E-state index contributed by atoms with van der Waals surface area (Å²) in [6.45, 7) is 2.57. The van der Waals surface area contributed by atoms with Crippen LogP contribution in [0, 0.1) is 0 Å². The van der Waals surface area contributed by atoms with Crippen LogP contribution in [0.25, 0.3) is 0 Å². The van der Waals surface area contributed by atoms with Crippen LogP contribution in [0.1, 0.15) is 63.5 Å². The monoisotopic (exact) mass is 398 g/mol. The molecule has 0 spiro atoms. The Kier molecular flexibility index (Phi) is 8.73. The third-order valence-corrected chi connectivity index (χ3v) is 5.37. The van der Waals surface area contributed by atoms with Gasteiger partial charge in [0.05, 0.1) is 0 Å². The quantitative estimate of drug-likeness (QED) is 0.645. The largest absolute Gasteiger partial charge is 0.351 e. The van der Waals surface area contributed by atoms with E-state index < -0.39 is 6.04 Å². The molecule has 0 heterocycles. The first-order valence-corrected chi connectivity index (χ1v) is 10.4. The van der Waals surface area contributed by atoms with E-state index in [1.807, 2.05) is 12.1 Å². The minimum absolute atomic E-state index is 0.131. The summed E-state index contributed by atoms with van der Waals surface area (Å²) in [7, 11) is 0. The van der Waals surface area contributed by atoms with E-state index in [1.165, 1.54) is 6.42 Å². The molecule has 1 atom stereocenters. The molecule has 0 unspecified atom stereocenters. The van der Waals surface area contributed by atoms with E-state index in [2.05, 4.69) is 12.2 Å². The van der Waals surface area contributed by atoms with Gasteiger partial charge in [0.25, 0.3) is 0 Å². The smallest absolute Gasteiger partial charge is 0.247 e. The lowest BCUT2D eigenvalue weighted by Crippen LogP contribution is -2.47. The van der Waals surface area contributed by atoms with Gasteiger partial charge in [0, 0.05) is 17.6 Å². The second kappa shape index (κ2) is 10.8. The second-order valence-corrected chi connectivity index (χ2v) is 7.58. The number of carbonyl (C=O) groups is 2. The standard InChI is InChI=1S/C20H28Cl2N2O2/c1-2-3-13-24(18(25)14-21)19(15-9-11-16(22)12-10-15)20(26)23-17-7-5-4-6-8-17/h9-12,17,19H,2-8,13-14H2,1H3,(H,23,26)/t19-/m1/s1. The Labute approximate surface area is 166 Å². The van der Waals surface area contributed by atoms with Gasteiger partial charge in [-0.25, -0.2) is 0 Å². The zero-order valence-electron chi connectivity index (χ0n) is 15.3. The van der Waals surface area contributed by atoms with Gasteiger partial charge in [0.1, 0.15) is 11.9 Å². The van der Waals surface area contributed by atoms with Crippen molar-refractivity contribution < 1.29 is 9.59 Å². The molecule has 1 aromatic rings. The number of hydrogen-bond acceptors (Lipinski definition) is 2. The third-order valence-electron chi connectivity index (χ3n) is 4.88. The molecular weight excluding hydrogens is 371 g/mol. The van der Waals surface area contributed by atoms with Gasteiger partial charge in [-0.2, -0.15) is 0 Å². The summed E-state index contributed by atoms with van der Waals surface area (Å²) in [5.74, 6) is -0.488. The van der Waals surface area contributed by atoms with Crippen molar-refractivity contribution in [2.75, 3.05) is 12.4 Å². The van der Waals surface area contributed by atoms with Crippen LogP contribution in [-0.4, -0.2) is 35.2 Å². The van der Waals surface area contributed by atoms with Crippen molar-refractivity contribution in [2.45, 2.75) is 64.0 Å². The van der Waals surface area contributed by atoms with Crippen LogP contribution in [0.4, 0.5) is 0 Å². The lowest BCUT2D eigenvalue weighted by Gasteiger charge is -2.33. The summed E-state index contributed by atoms with van der Waals surface area (Å²) >= 11 is 11.8. The molecule has 0 aliphatic heterocycles. The predicted octanol–water partition coefficient (Wildman–Crippen LogP) is 4.70. The fraction of sp³-hybridized carbons (Fsp3) is 0.600. The molecule has 0 saturated heterocycles. The maximum Gasteiger partial charge on any atom is 0.247 e. The molecule has 0 radical (unpaired) electrons. The first kappa shape index (κ1) is 21.0. The molecule has 26 heavy (non-hydrogen) atoms. The van der Waals surface area contributed by atoms with Crippen LogP contribution in [0.2, 0.25) is 5.02 Å². The van der Waals surface area contributed by atoms with Crippen LogP contribution in [-0.2, 0) is 9.59 Å². The molecule has 2 rings (SSSR count). The van der Waals surface area contributed by atoms with Gasteiger partial charge >= 0.3 is 0 Å². The molecule has 0 bridgehead atoms. The highest BCUT2D eigenvalue weighted by Gasteiger charge is 2.32. The van der Waals surface area contributed by atoms with E-state index in [1.54, 1.807) is 17.0 Å². The van der Waals surface area contributed by atoms with Crippen LogP contribution in [0.15, 0.2) is 24.3 Å². The Balaban J connectivity index is 2.27. The summed E-state index contributed by atoms with van der Waals surface area (Å²) in [5, 5.41) is 3.76. The second-order valence-electron chi connectivity index (χ2n) is 6.87. The van der Waals surface area contributed by atoms with Crippen molar-refractivity contribution in [2.24, 2.45) is 0 Å². The molecule has 0 aromatic heterocycles. The van der Waals surface area contributed by atoms with Crippen molar-refractivity contribution in [1.29, 1.82) is 0 Å². The van der Waals surface area contributed by atoms with E-state index in [0.29, 0.717) is 11.6 Å². The number of alkyl halides is 1. The molecule has 4 nitrogen and oxygen atoms in total.